The quantitative estimate of drug-likeness (QED) is 0.0236. The third-order valence-electron chi connectivity index (χ3n) is 11.5. The van der Waals surface area contributed by atoms with E-state index in [1.807, 2.05) is 0 Å². The number of aliphatic hydroxyl groups excluding tert-OH is 7. The Morgan fingerprint density at radius 3 is 1.49 bits per heavy atom. The van der Waals surface area contributed by atoms with E-state index in [4.69, 9.17) is 28.4 Å². The second-order valence-corrected chi connectivity index (χ2v) is 16.9. The van der Waals surface area contributed by atoms with Gasteiger partial charge in [-0.25, -0.2) is 0 Å². The van der Waals surface area contributed by atoms with Crippen LogP contribution in [0.2, 0.25) is 0 Å². The molecule has 61 heavy (non-hydrogen) atoms. The van der Waals surface area contributed by atoms with E-state index in [0.29, 0.717) is 12.8 Å². The molecule has 0 aliphatic carbocycles. The van der Waals surface area contributed by atoms with Crippen LogP contribution in [0.4, 0.5) is 0 Å². The summed E-state index contributed by atoms with van der Waals surface area (Å²) in [5.74, 6) is -0.931. The molecule has 0 saturated carbocycles. The van der Waals surface area contributed by atoms with Crippen molar-refractivity contribution < 1.29 is 73.8 Å². The molecule has 0 radical (unpaired) electrons. The van der Waals surface area contributed by atoms with Crippen molar-refractivity contribution in [2.45, 2.75) is 242 Å². The minimum absolute atomic E-state index is 0.168. The van der Waals surface area contributed by atoms with Crippen LogP contribution in [0.5, 0.6) is 0 Å². The molecule has 15 nitrogen and oxygen atoms in total. The largest absolute Gasteiger partial charge is 0.462 e. The third-order valence-corrected chi connectivity index (χ3v) is 11.5. The maximum atomic E-state index is 12.9. The molecule has 0 spiro atoms. The second kappa shape index (κ2) is 34.6. The highest BCUT2D eigenvalue weighted by atomic mass is 16.7. The number of ether oxygens (including phenoxy) is 6. The molecule has 2 saturated heterocycles. The lowest BCUT2D eigenvalue weighted by Gasteiger charge is -2.42. The van der Waals surface area contributed by atoms with Crippen molar-refractivity contribution in [3.05, 3.63) is 12.2 Å². The molecular formula is C46H84O15. The van der Waals surface area contributed by atoms with Crippen molar-refractivity contribution in [2.24, 2.45) is 0 Å². The molecule has 2 heterocycles. The highest BCUT2D eigenvalue weighted by Gasteiger charge is 2.47. The van der Waals surface area contributed by atoms with Gasteiger partial charge in [0.1, 0.15) is 55.4 Å². The van der Waals surface area contributed by atoms with Gasteiger partial charge in [-0.1, -0.05) is 142 Å². The van der Waals surface area contributed by atoms with E-state index in [1.165, 1.54) is 77.0 Å². The van der Waals surface area contributed by atoms with Gasteiger partial charge < -0.3 is 64.2 Å². The number of hydrogen-bond donors (Lipinski definition) is 7. The van der Waals surface area contributed by atoms with Gasteiger partial charge in [-0.05, 0) is 32.1 Å². The second-order valence-electron chi connectivity index (χ2n) is 16.9. The molecule has 11 atom stereocenters. The van der Waals surface area contributed by atoms with Crippen LogP contribution >= 0.6 is 0 Å². The summed E-state index contributed by atoms with van der Waals surface area (Å²) >= 11 is 0. The first-order valence-electron chi connectivity index (χ1n) is 23.8. The van der Waals surface area contributed by atoms with Crippen molar-refractivity contribution in [3.8, 4) is 0 Å². The molecule has 2 aliphatic heterocycles. The van der Waals surface area contributed by atoms with E-state index in [9.17, 15) is 45.3 Å². The van der Waals surface area contributed by atoms with Gasteiger partial charge in [-0.2, -0.15) is 0 Å². The lowest BCUT2D eigenvalue weighted by molar-refractivity contribution is -0.332. The van der Waals surface area contributed by atoms with Crippen molar-refractivity contribution >= 4 is 11.9 Å². The van der Waals surface area contributed by atoms with Gasteiger partial charge >= 0.3 is 11.9 Å². The van der Waals surface area contributed by atoms with Gasteiger partial charge in [0.15, 0.2) is 18.7 Å². The van der Waals surface area contributed by atoms with Crippen LogP contribution in [-0.4, -0.2) is 142 Å². The number of unbranched alkanes of at least 4 members (excludes halogenated alkanes) is 20. The molecule has 0 amide bonds. The summed E-state index contributed by atoms with van der Waals surface area (Å²) in [7, 11) is 0. The first-order valence-corrected chi connectivity index (χ1v) is 23.8. The Morgan fingerprint density at radius 2 is 0.951 bits per heavy atom. The molecule has 2 rings (SSSR count). The van der Waals surface area contributed by atoms with Crippen molar-refractivity contribution in [1.29, 1.82) is 0 Å². The Hall–Kier alpha value is -1.76. The first kappa shape index (κ1) is 55.4. The van der Waals surface area contributed by atoms with E-state index in [1.54, 1.807) is 0 Å². The monoisotopic (exact) mass is 877 g/mol. The van der Waals surface area contributed by atoms with E-state index in [0.717, 1.165) is 57.8 Å². The summed E-state index contributed by atoms with van der Waals surface area (Å²) in [6.07, 6.45) is 14.0. The van der Waals surface area contributed by atoms with Crippen LogP contribution in [0, 0.1) is 0 Å². The average molecular weight is 877 g/mol. The molecule has 7 N–H and O–H groups in total. The topological polar surface area (TPSA) is 231 Å². The molecule has 15 heteroatoms. The summed E-state index contributed by atoms with van der Waals surface area (Å²) in [4.78, 5) is 25.6. The summed E-state index contributed by atoms with van der Waals surface area (Å²) in [5, 5.41) is 71.9. The number of hydrogen-bond acceptors (Lipinski definition) is 15. The summed E-state index contributed by atoms with van der Waals surface area (Å²) in [6, 6.07) is 0. The van der Waals surface area contributed by atoms with Gasteiger partial charge in [-0.15, -0.1) is 0 Å². The van der Waals surface area contributed by atoms with E-state index < -0.39 is 92.7 Å². The predicted octanol–water partition coefficient (Wildman–Crippen LogP) is 5.43. The predicted molar refractivity (Wildman–Crippen MR) is 229 cm³/mol. The van der Waals surface area contributed by atoms with Gasteiger partial charge in [-0.3, -0.25) is 9.59 Å². The van der Waals surface area contributed by atoms with Crippen LogP contribution in [0.25, 0.3) is 0 Å². The molecule has 0 bridgehead atoms. The fraction of sp³-hybridized carbons (Fsp3) is 0.913. The first-order chi connectivity index (χ1) is 29.5. The SMILES string of the molecule is CCCC/C=C/CCCCCCCC(=O)OC[C@H](CO[C@@H]1O[C@H](CO[C@@H]2O[C@H](CO)[C@H](O)C(O)C2O)[C@H](O)C(O)C1O)OC(=O)CCCCCCCCCCCCCCCC. The molecular weight excluding hydrogens is 792 g/mol. The zero-order chi connectivity index (χ0) is 44.7. The maximum Gasteiger partial charge on any atom is 0.306 e. The number of carbonyl (C=O) groups excluding carboxylic acids is 2. The fourth-order valence-corrected chi connectivity index (χ4v) is 7.49. The highest BCUT2D eigenvalue weighted by molar-refractivity contribution is 5.70. The summed E-state index contributed by atoms with van der Waals surface area (Å²) in [5.41, 5.74) is 0. The molecule has 0 aromatic rings. The highest BCUT2D eigenvalue weighted by Crippen LogP contribution is 2.26. The Bertz CT molecular complexity index is 1120. The molecule has 0 aromatic heterocycles. The molecule has 2 aliphatic rings. The van der Waals surface area contributed by atoms with E-state index in [2.05, 4.69) is 26.0 Å². The normalized spacial score (nSPS) is 27.4. The van der Waals surface area contributed by atoms with E-state index >= 15 is 0 Å². The lowest BCUT2D eigenvalue weighted by atomic mass is 9.98. The van der Waals surface area contributed by atoms with E-state index in [-0.39, 0.29) is 26.1 Å². The zero-order valence-corrected chi connectivity index (χ0v) is 37.4. The number of allylic oxidation sites excluding steroid dienone is 2. The van der Waals surface area contributed by atoms with Crippen LogP contribution in [0.3, 0.4) is 0 Å². The van der Waals surface area contributed by atoms with Gasteiger partial charge in [0.2, 0.25) is 0 Å². The number of aliphatic hydroxyl groups is 7. The maximum absolute atomic E-state index is 12.9. The summed E-state index contributed by atoms with van der Waals surface area (Å²) < 4.78 is 33.5. The van der Waals surface area contributed by atoms with Crippen molar-refractivity contribution in [2.75, 3.05) is 26.4 Å². The van der Waals surface area contributed by atoms with Crippen LogP contribution in [0.15, 0.2) is 12.2 Å². The molecule has 4 unspecified atom stereocenters. The molecule has 358 valence electrons. The minimum Gasteiger partial charge on any atom is -0.462 e. The van der Waals surface area contributed by atoms with Gasteiger partial charge in [0.25, 0.3) is 0 Å². The Morgan fingerprint density at radius 1 is 0.508 bits per heavy atom. The smallest absolute Gasteiger partial charge is 0.306 e. The van der Waals surface area contributed by atoms with Crippen LogP contribution in [-0.2, 0) is 38.0 Å². The van der Waals surface area contributed by atoms with Crippen molar-refractivity contribution in [3.63, 3.8) is 0 Å². The lowest BCUT2D eigenvalue weighted by Crippen LogP contribution is -2.61. The van der Waals surface area contributed by atoms with Crippen LogP contribution in [0.1, 0.15) is 174 Å². The molecule has 0 aromatic carbocycles. The van der Waals surface area contributed by atoms with Gasteiger partial charge in [0, 0.05) is 12.8 Å². The Balaban J connectivity index is 1.84. The fourth-order valence-electron chi connectivity index (χ4n) is 7.49. The minimum atomic E-state index is -1.76. The van der Waals surface area contributed by atoms with Crippen molar-refractivity contribution in [1.82, 2.24) is 0 Å². The number of carbonyl (C=O) groups is 2. The number of esters is 2. The number of rotatable bonds is 36. The van der Waals surface area contributed by atoms with Gasteiger partial charge in [0.05, 0.1) is 19.8 Å². The third kappa shape index (κ3) is 23.7. The average Bonchev–Trinajstić information content (AvgIpc) is 3.25. The van der Waals surface area contributed by atoms with Crippen LogP contribution < -0.4 is 0 Å². The summed E-state index contributed by atoms with van der Waals surface area (Å²) in [6.45, 7) is 2.54. The zero-order valence-electron chi connectivity index (χ0n) is 37.4. The Labute approximate surface area is 365 Å². The standard InChI is InChI=1S/C46H84O15/c1-3-5-7-9-11-13-15-16-17-19-21-23-25-27-29-38(49)59-34(31-56-37(48)28-26-24-22-20-18-14-12-10-8-6-4-2)32-57-45-44(55)42(53)40(51)36(61-45)33-58-46-43(54)41(52)39(50)35(30-47)60-46/h10,12,34-36,39-47,50-55H,3-9,11,13-33H2,1-2H3/b12-10+/t34-,35-,36-,39+,40+,41?,42?,43?,44?,45-,46-/m1/s1. The Kier molecular flexibility index (Phi) is 31.4. The molecule has 2 fully saturated rings.